The summed E-state index contributed by atoms with van der Waals surface area (Å²) in [4.78, 5) is 0. The molecule has 0 saturated carbocycles. The van der Waals surface area contributed by atoms with E-state index < -0.39 is 7.12 Å². The number of nitriles is 1. The maximum absolute atomic E-state index is 9.58. The van der Waals surface area contributed by atoms with Crippen LogP contribution in [0.4, 0.5) is 0 Å². The second-order valence-corrected chi connectivity index (χ2v) is 5.63. The van der Waals surface area contributed by atoms with Crippen LogP contribution in [0.25, 0.3) is 27.5 Å². The third kappa shape index (κ3) is 2.09. The van der Waals surface area contributed by atoms with Gasteiger partial charge in [-0.05, 0) is 30.3 Å². The van der Waals surface area contributed by atoms with E-state index in [0.29, 0.717) is 0 Å². The molecule has 0 fully saturated rings. The van der Waals surface area contributed by atoms with Crippen molar-refractivity contribution < 1.29 is 10.0 Å². The van der Waals surface area contributed by atoms with E-state index in [-0.39, 0.29) is 11.0 Å². The van der Waals surface area contributed by atoms with Gasteiger partial charge in [0, 0.05) is 21.9 Å². The van der Waals surface area contributed by atoms with E-state index in [1.54, 1.807) is 12.1 Å². The van der Waals surface area contributed by atoms with Gasteiger partial charge in [0.05, 0.1) is 22.7 Å². The first-order valence-corrected chi connectivity index (χ1v) is 7.59. The van der Waals surface area contributed by atoms with E-state index in [4.69, 9.17) is 5.26 Å². The Bertz CT molecular complexity index is 1060. The zero-order chi connectivity index (χ0) is 16.7. The van der Waals surface area contributed by atoms with E-state index >= 15 is 0 Å². The molecule has 24 heavy (non-hydrogen) atoms. The molecule has 5 heteroatoms. The van der Waals surface area contributed by atoms with Gasteiger partial charge in [-0.25, -0.2) is 0 Å². The Labute approximate surface area is 139 Å². The van der Waals surface area contributed by atoms with Crippen LogP contribution in [0.5, 0.6) is 0 Å². The van der Waals surface area contributed by atoms with Crippen LogP contribution in [0.15, 0.2) is 66.7 Å². The summed E-state index contributed by atoms with van der Waals surface area (Å²) in [5, 5.41) is 30.6. The third-order valence-corrected chi connectivity index (χ3v) is 4.27. The largest absolute Gasteiger partial charge is 0.489 e. The molecule has 4 rings (SSSR count). The number of hydrogen-bond acceptors (Lipinski definition) is 3. The van der Waals surface area contributed by atoms with Gasteiger partial charge in [-0.15, -0.1) is 0 Å². The Morgan fingerprint density at radius 2 is 1.42 bits per heavy atom. The maximum atomic E-state index is 9.58. The van der Waals surface area contributed by atoms with E-state index in [1.807, 2.05) is 48.5 Å². The lowest BCUT2D eigenvalue weighted by Gasteiger charge is -2.11. The SMILES string of the molecule is N#Cc1ccc(-n2c3ccccc3c3ccccc32)cc1B(O)O. The van der Waals surface area contributed by atoms with Gasteiger partial charge in [0.2, 0.25) is 0 Å². The second-order valence-electron chi connectivity index (χ2n) is 5.63. The first-order chi connectivity index (χ1) is 11.7. The van der Waals surface area contributed by atoms with Crippen LogP contribution in [-0.2, 0) is 0 Å². The van der Waals surface area contributed by atoms with Crippen LogP contribution in [0.2, 0.25) is 0 Å². The molecular formula is C19H13BN2O2. The van der Waals surface area contributed by atoms with Crippen molar-refractivity contribution in [3.8, 4) is 11.8 Å². The molecule has 114 valence electrons. The van der Waals surface area contributed by atoms with Crippen molar-refractivity contribution in [1.82, 2.24) is 4.57 Å². The number of aromatic nitrogens is 1. The lowest BCUT2D eigenvalue weighted by Crippen LogP contribution is -2.32. The van der Waals surface area contributed by atoms with E-state index in [2.05, 4.69) is 16.7 Å². The highest BCUT2D eigenvalue weighted by Crippen LogP contribution is 2.31. The summed E-state index contributed by atoms with van der Waals surface area (Å²) in [7, 11) is -1.69. The normalized spacial score (nSPS) is 10.9. The van der Waals surface area contributed by atoms with Crippen molar-refractivity contribution in [2.45, 2.75) is 0 Å². The summed E-state index contributed by atoms with van der Waals surface area (Å²) in [6.07, 6.45) is 0. The molecule has 1 heterocycles. The summed E-state index contributed by atoms with van der Waals surface area (Å²) in [6, 6.07) is 23.2. The molecule has 0 unspecified atom stereocenters. The molecule has 0 aliphatic heterocycles. The highest BCUT2D eigenvalue weighted by Gasteiger charge is 2.18. The van der Waals surface area contributed by atoms with Crippen molar-refractivity contribution in [3.05, 3.63) is 72.3 Å². The van der Waals surface area contributed by atoms with Crippen molar-refractivity contribution in [2.24, 2.45) is 0 Å². The summed E-state index contributed by atoms with van der Waals surface area (Å²) in [5.41, 5.74) is 3.31. The molecule has 3 aromatic carbocycles. The minimum absolute atomic E-state index is 0.205. The molecular weight excluding hydrogens is 299 g/mol. The number of rotatable bonds is 2. The standard InChI is InChI=1S/C19H13BN2O2/c21-12-13-9-10-14(11-17(13)20(23)24)22-18-7-3-1-5-15(18)16-6-2-4-8-19(16)22/h1-11,23-24H. The summed E-state index contributed by atoms with van der Waals surface area (Å²) in [6.45, 7) is 0. The van der Waals surface area contributed by atoms with Gasteiger partial charge in [0.1, 0.15) is 0 Å². The van der Waals surface area contributed by atoms with Crippen LogP contribution in [0.1, 0.15) is 5.56 Å². The predicted molar refractivity (Wildman–Crippen MR) is 95.3 cm³/mol. The topological polar surface area (TPSA) is 69.2 Å². The fourth-order valence-electron chi connectivity index (χ4n) is 3.21. The Morgan fingerprint density at radius 3 is 1.96 bits per heavy atom. The number of fused-ring (bicyclic) bond motifs is 3. The number of para-hydroxylation sites is 2. The zero-order valence-electron chi connectivity index (χ0n) is 12.7. The fraction of sp³-hybridized carbons (Fsp3) is 0. The first-order valence-electron chi connectivity index (χ1n) is 7.59. The van der Waals surface area contributed by atoms with E-state index in [1.165, 1.54) is 0 Å². The summed E-state index contributed by atoms with van der Waals surface area (Å²) < 4.78 is 2.07. The average molecular weight is 312 g/mol. The lowest BCUT2D eigenvalue weighted by atomic mass is 9.77. The van der Waals surface area contributed by atoms with Gasteiger partial charge < -0.3 is 14.6 Å². The first kappa shape index (κ1) is 14.5. The van der Waals surface area contributed by atoms with Gasteiger partial charge in [0.25, 0.3) is 0 Å². The van der Waals surface area contributed by atoms with Crippen LogP contribution in [-0.4, -0.2) is 21.7 Å². The number of benzene rings is 3. The summed E-state index contributed by atoms with van der Waals surface area (Å²) in [5.74, 6) is 0. The molecule has 4 aromatic rings. The monoisotopic (exact) mass is 312 g/mol. The molecule has 0 bridgehead atoms. The Kier molecular flexibility index (Phi) is 3.35. The molecule has 0 amide bonds. The van der Waals surface area contributed by atoms with Crippen LogP contribution < -0.4 is 5.46 Å². The van der Waals surface area contributed by atoms with Crippen molar-refractivity contribution >= 4 is 34.4 Å². The Hall–Kier alpha value is -3.07. The summed E-state index contributed by atoms with van der Waals surface area (Å²) >= 11 is 0. The van der Waals surface area contributed by atoms with Gasteiger partial charge in [-0.2, -0.15) is 5.26 Å². The quantitative estimate of drug-likeness (QED) is 0.558. The highest BCUT2D eigenvalue weighted by molar-refractivity contribution is 6.59. The van der Waals surface area contributed by atoms with Crippen LogP contribution in [0, 0.1) is 11.3 Å². The van der Waals surface area contributed by atoms with Gasteiger partial charge >= 0.3 is 7.12 Å². The smallest absolute Gasteiger partial charge is 0.423 e. The molecule has 0 spiro atoms. The molecule has 0 aliphatic rings. The van der Waals surface area contributed by atoms with Gasteiger partial charge in [-0.1, -0.05) is 36.4 Å². The number of nitrogens with zero attached hydrogens (tertiary/aromatic N) is 2. The minimum Gasteiger partial charge on any atom is -0.423 e. The van der Waals surface area contributed by atoms with Crippen LogP contribution >= 0.6 is 0 Å². The van der Waals surface area contributed by atoms with E-state index in [0.717, 1.165) is 27.5 Å². The molecule has 2 N–H and O–H groups in total. The second kappa shape index (κ2) is 5.53. The van der Waals surface area contributed by atoms with Crippen molar-refractivity contribution in [1.29, 1.82) is 5.26 Å². The van der Waals surface area contributed by atoms with Gasteiger partial charge in [-0.3, -0.25) is 0 Å². The highest BCUT2D eigenvalue weighted by atomic mass is 16.4. The molecule has 0 aliphatic carbocycles. The minimum atomic E-state index is -1.69. The fourth-order valence-corrected chi connectivity index (χ4v) is 3.21. The Balaban J connectivity index is 2.10. The molecule has 0 radical (unpaired) electrons. The lowest BCUT2D eigenvalue weighted by molar-refractivity contribution is 0.425. The van der Waals surface area contributed by atoms with E-state index in [9.17, 15) is 10.0 Å². The van der Waals surface area contributed by atoms with Crippen molar-refractivity contribution in [2.75, 3.05) is 0 Å². The average Bonchev–Trinajstić information content (AvgIpc) is 2.95. The van der Waals surface area contributed by atoms with Crippen LogP contribution in [0.3, 0.4) is 0 Å². The zero-order valence-corrected chi connectivity index (χ0v) is 12.7. The molecule has 1 aromatic heterocycles. The van der Waals surface area contributed by atoms with Crippen molar-refractivity contribution in [3.63, 3.8) is 0 Å². The Morgan fingerprint density at radius 1 is 0.833 bits per heavy atom. The number of hydrogen-bond donors (Lipinski definition) is 2. The van der Waals surface area contributed by atoms with Gasteiger partial charge in [0.15, 0.2) is 0 Å². The molecule has 0 saturated heterocycles. The predicted octanol–water partition coefficient (Wildman–Crippen LogP) is 2.34. The third-order valence-electron chi connectivity index (χ3n) is 4.27. The molecule has 4 nitrogen and oxygen atoms in total. The molecule has 0 atom stereocenters. The maximum Gasteiger partial charge on any atom is 0.489 e.